The fourth-order valence-corrected chi connectivity index (χ4v) is 0.748. The molecule has 0 atom stereocenters. The number of nitrogens with two attached hydrogens (primary N) is 2. The molecule has 0 bridgehead atoms. The van der Waals surface area contributed by atoms with E-state index in [4.69, 9.17) is 11.6 Å². The van der Waals surface area contributed by atoms with Crippen LogP contribution in [0.15, 0.2) is 11.9 Å². The van der Waals surface area contributed by atoms with Crippen LogP contribution in [-0.2, 0) is 0 Å². The van der Waals surface area contributed by atoms with Crippen molar-refractivity contribution in [2.24, 2.45) is 17.5 Å². The van der Waals surface area contributed by atoms with E-state index in [0.717, 1.165) is 12.1 Å². The van der Waals surface area contributed by atoms with E-state index >= 15 is 0 Å². The molecule has 0 spiro atoms. The van der Waals surface area contributed by atoms with Gasteiger partial charge in [-0.3, -0.25) is 0 Å². The van der Waals surface area contributed by atoms with E-state index < -0.39 is 0 Å². The largest absolute Gasteiger partial charge is 0.403 e. The van der Waals surface area contributed by atoms with Crippen molar-refractivity contribution in [3.63, 3.8) is 0 Å². The lowest BCUT2D eigenvalue weighted by atomic mass is 10.1. The smallest absolute Gasteiger partial charge is 0.0444 e. The van der Waals surface area contributed by atoms with Gasteiger partial charge in [0.2, 0.25) is 0 Å². The van der Waals surface area contributed by atoms with Crippen LogP contribution < -0.4 is 11.6 Å². The molecule has 0 aromatic carbocycles. The van der Waals surface area contributed by atoms with Gasteiger partial charge in [-0.05, 0) is 12.3 Å². The van der Waals surface area contributed by atoms with Crippen molar-refractivity contribution in [1.29, 1.82) is 0 Å². The lowest BCUT2D eigenvalue weighted by Crippen LogP contribution is -2.26. The molecule has 3 nitrogen and oxygen atoms in total. The molecule has 0 unspecified atom stereocenters. The molecule has 0 radical (unpaired) electrons. The number of hydrogen-bond acceptors (Lipinski definition) is 3. The van der Waals surface area contributed by atoms with Crippen LogP contribution in [0.1, 0.15) is 20.3 Å². The van der Waals surface area contributed by atoms with E-state index in [2.05, 4.69) is 13.8 Å². The van der Waals surface area contributed by atoms with Crippen molar-refractivity contribution < 1.29 is 0 Å². The zero-order valence-corrected chi connectivity index (χ0v) is 6.96. The van der Waals surface area contributed by atoms with Gasteiger partial charge in [-0.1, -0.05) is 13.8 Å². The van der Waals surface area contributed by atoms with Crippen LogP contribution in [0, 0.1) is 5.92 Å². The molecular weight excluding hydrogens is 126 g/mol. The molecule has 0 rings (SSSR count). The van der Waals surface area contributed by atoms with Crippen molar-refractivity contribution in [1.82, 2.24) is 5.01 Å². The third-order valence-corrected chi connectivity index (χ3v) is 1.26. The summed E-state index contributed by atoms with van der Waals surface area (Å²) in [6, 6.07) is 0. The van der Waals surface area contributed by atoms with E-state index in [9.17, 15) is 0 Å². The van der Waals surface area contributed by atoms with Gasteiger partial charge in [0, 0.05) is 18.9 Å². The van der Waals surface area contributed by atoms with Gasteiger partial charge in [-0.25, -0.2) is 5.84 Å². The van der Waals surface area contributed by atoms with Crippen molar-refractivity contribution in [2.75, 3.05) is 7.05 Å². The van der Waals surface area contributed by atoms with Gasteiger partial charge < -0.3 is 10.7 Å². The summed E-state index contributed by atoms with van der Waals surface area (Å²) in [5.74, 6) is 6.08. The molecule has 0 fully saturated rings. The number of allylic oxidation sites excluding steroid dienone is 1. The maximum atomic E-state index is 5.48. The predicted octanol–water partition coefficient (Wildman–Crippen LogP) is 0.638. The van der Waals surface area contributed by atoms with Crippen molar-refractivity contribution in [3.05, 3.63) is 11.9 Å². The highest BCUT2D eigenvalue weighted by molar-refractivity contribution is 4.96. The van der Waals surface area contributed by atoms with Gasteiger partial charge in [-0.2, -0.15) is 0 Å². The highest BCUT2D eigenvalue weighted by Crippen LogP contribution is 2.09. The monoisotopic (exact) mass is 143 g/mol. The predicted molar refractivity (Wildman–Crippen MR) is 43.7 cm³/mol. The van der Waals surface area contributed by atoms with Crippen LogP contribution in [0.25, 0.3) is 0 Å². The normalized spacial score (nSPS) is 12.3. The Morgan fingerprint density at radius 3 is 2.20 bits per heavy atom. The molecule has 0 heterocycles. The fraction of sp³-hybridized carbons (Fsp3) is 0.714. The summed E-state index contributed by atoms with van der Waals surface area (Å²) in [4.78, 5) is 0. The lowest BCUT2D eigenvalue weighted by molar-refractivity contribution is 0.398. The topological polar surface area (TPSA) is 55.3 Å². The molecule has 60 valence electrons. The molecule has 0 aliphatic carbocycles. The minimum atomic E-state index is 0.598. The second-order valence-corrected chi connectivity index (χ2v) is 2.87. The van der Waals surface area contributed by atoms with Crippen molar-refractivity contribution >= 4 is 0 Å². The third-order valence-electron chi connectivity index (χ3n) is 1.26. The van der Waals surface area contributed by atoms with E-state index in [1.165, 1.54) is 0 Å². The summed E-state index contributed by atoms with van der Waals surface area (Å²) in [6.07, 6.45) is 2.49. The molecule has 0 aromatic rings. The zero-order valence-electron chi connectivity index (χ0n) is 6.96. The Hall–Kier alpha value is -0.700. The third kappa shape index (κ3) is 3.35. The first-order chi connectivity index (χ1) is 4.57. The molecule has 10 heavy (non-hydrogen) atoms. The van der Waals surface area contributed by atoms with Crippen molar-refractivity contribution in [3.8, 4) is 0 Å². The highest BCUT2D eigenvalue weighted by atomic mass is 15.4. The van der Waals surface area contributed by atoms with Crippen LogP contribution in [0.2, 0.25) is 0 Å². The first kappa shape index (κ1) is 9.30. The molecule has 0 saturated carbocycles. The molecule has 0 aromatic heterocycles. The van der Waals surface area contributed by atoms with Gasteiger partial charge in [0.15, 0.2) is 0 Å². The average Bonchev–Trinajstić information content (AvgIpc) is 1.81. The maximum Gasteiger partial charge on any atom is 0.0444 e. The highest BCUT2D eigenvalue weighted by Gasteiger charge is 2.01. The van der Waals surface area contributed by atoms with Crippen LogP contribution in [0.3, 0.4) is 0 Å². The average molecular weight is 143 g/mol. The second-order valence-electron chi connectivity index (χ2n) is 2.87. The van der Waals surface area contributed by atoms with Gasteiger partial charge in [0.05, 0.1) is 0 Å². The molecule has 0 saturated heterocycles. The Kier molecular flexibility index (Phi) is 3.88. The number of hydrazine groups is 1. The molecular formula is C7H17N3. The summed E-state index contributed by atoms with van der Waals surface area (Å²) in [7, 11) is 1.79. The molecule has 0 aliphatic rings. The lowest BCUT2D eigenvalue weighted by Gasteiger charge is -2.17. The summed E-state index contributed by atoms with van der Waals surface area (Å²) in [5, 5.41) is 1.56. The SMILES string of the molecule is CC(C)C/C(=C/N)N(C)N. The first-order valence-electron chi connectivity index (χ1n) is 3.47. The van der Waals surface area contributed by atoms with E-state index in [1.807, 2.05) is 0 Å². The standard InChI is InChI=1S/C7H17N3/c1-6(2)4-7(5-8)10(3)9/h5-6H,4,8-9H2,1-3H3/b7-5-. The zero-order chi connectivity index (χ0) is 8.15. The van der Waals surface area contributed by atoms with E-state index in [0.29, 0.717) is 5.92 Å². The minimum Gasteiger partial charge on any atom is -0.403 e. The van der Waals surface area contributed by atoms with Crippen LogP contribution in [0.5, 0.6) is 0 Å². The van der Waals surface area contributed by atoms with Gasteiger partial charge in [-0.15, -0.1) is 0 Å². The Morgan fingerprint density at radius 2 is 2.10 bits per heavy atom. The summed E-state index contributed by atoms with van der Waals surface area (Å²) < 4.78 is 0. The maximum absolute atomic E-state index is 5.48. The summed E-state index contributed by atoms with van der Waals surface area (Å²) in [6.45, 7) is 4.26. The Bertz CT molecular complexity index is 116. The van der Waals surface area contributed by atoms with E-state index in [1.54, 1.807) is 18.3 Å². The molecule has 3 heteroatoms. The summed E-state index contributed by atoms with van der Waals surface area (Å²) in [5.41, 5.74) is 6.32. The van der Waals surface area contributed by atoms with Crippen molar-refractivity contribution in [2.45, 2.75) is 20.3 Å². The minimum absolute atomic E-state index is 0.598. The Balaban J connectivity index is 3.86. The molecule has 0 amide bonds. The quantitative estimate of drug-likeness (QED) is 0.450. The van der Waals surface area contributed by atoms with E-state index in [-0.39, 0.29) is 0 Å². The second kappa shape index (κ2) is 4.17. The van der Waals surface area contributed by atoms with Crippen LogP contribution in [-0.4, -0.2) is 12.1 Å². The molecule has 0 aliphatic heterocycles. The van der Waals surface area contributed by atoms with Gasteiger partial charge in [0.1, 0.15) is 0 Å². The number of nitrogens with zero attached hydrogens (tertiary/aromatic N) is 1. The molecule has 4 N–H and O–H groups in total. The van der Waals surface area contributed by atoms with Crippen LogP contribution in [0.4, 0.5) is 0 Å². The first-order valence-corrected chi connectivity index (χ1v) is 3.47. The van der Waals surface area contributed by atoms with Gasteiger partial charge in [0.25, 0.3) is 0 Å². The summed E-state index contributed by atoms with van der Waals surface area (Å²) >= 11 is 0. The number of hydrogen-bond donors (Lipinski definition) is 2. The van der Waals surface area contributed by atoms with Gasteiger partial charge >= 0.3 is 0 Å². The van der Waals surface area contributed by atoms with Crippen LogP contribution >= 0.6 is 0 Å². The Morgan fingerprint density at radius 1 is 1.60 bits per heavy atom. The fourth-order valence-electron chi connectivity index (χ4n) is 0.748. The Labute approximate surface area is 62.6 Å². The number of rotatable bonds is 3.